The Morgan fingerprint density at radius 2 is 2.03 bits per heavy atom. The van der Waals surface area contributed by atoms with E-state index in [-0.39, 0.29) is 29.8 Å². The van der Waals surface area contributed by atoms with Crippen LogP contribution in [0.5, 0.6) is 0 Å². The van der Waals surface area contributed by atoms with E-state index < -0.39 is 10.0 Å². The number of benzene rings is 2. The number of carbonyl (C=O) groups is 1. The minimum Gasteiger partial charge on any atom is -0.333 e. The third-order valence-electron chi connectivity index (χ3n) is 5.43. The normalized spacial score (nSPS) is 17.0. The summed E-state index contributed by atoms with van der Waals surface area (Å²) in [7, 11) is -3.65. The van der Waals surface area contributed by atoms with Crippen LogP contribution < -0.4 is 4.72 Å². The summed E-state index contributed by atoms with van der Waals surface area (Å²) in [5.41, 5.74) is 2.53. The van der Waals surface area contributed by atoms with Crippen LogP contribution in [0, 0.1) is 13.8 Å². The van der Waals surface area contributed by atoms with Crippen molar-refractivity contribution in [3.05, 3.63) is 58.6 Å². The molecule has 158 valence electrons. The van der Waals surface area contributed by atoms with Crippen molar-refractivity contribution >= 4 is 37.5 Å². The molecular weight excluding hydrogens is 418 g/mol. The van der Waals surface area contributed by atoms with Gasteiger partial charge in [-0.25, -0.2) is 18.1 Å². The Morgan fingerprint density at radius 3 is 2.83 bits per heavy atom. The van der Waals surface area contributed by atoms with Crippen molar-refractivity contribution in [2.75, 3.05) is 13.1 Å². The number of nitrogens with zero attached hydrogens (tertiary/aromatic N) is 2. The highest BCUT2D eigenvalue weighted by Gasteiger charge is 2.32. The monoisotopic (exact) mass is 443 g/mol. The fourth-order valence-electron chi connectivity index (χ4n) is 3.87. The Morgan fingerprint density at radius 1 is 1.23 bits per heavy atom. The van der Waals surface area contributed by atoms with Gasteiger partial charge in [0.2, 0.25) is 15.9 Å². The average Bonchev–Trinajstić information content (AvgIpc) is 3.36. The van der Waals surface area contributed by atoms with Crippen molar-refractivity contribution in [3.63, 3.8) is 0 Å². The van der Waals surface area contributed by atoms with E-state index in [9.17, 15) is 13.2 Å². The summed E-state index contributed by atoms with van der Waals surface area (Å²) >= 11 is 1.63. The number of likely N-dealkylation sites (tertiary alicyclic amines) is 1. The van der Waals surface area contributed by atoms with E-state index in [1.165, 1.54) is 0 Å². The van der Waals surface area contributed by atoms with Gasteiger partial charge < -0.3 is 4.90 Å². The van der Waals surface area contributed by atoms with Crippen LogP contribution in [0.25, 0.3) is 10.2 Å². The lowest BCUT2D eigenvalue weighted by atomic mass is 10.2. The van der Waals surface area contributed by atoms with Gasteiger partial charge in [-0.3, -0.25) is 4.79 Å². The zero-order valence-electron chi connectivity index (χ0n) is 17.1. The molecule has 1 fully saturated rings. The zero-order valence-corrected chi connectivity index (χ0v) is 18.7. The molecule has 1 atom stereocenters. The van der Waals surface area contributed by atoms with Gasteiger partial charge in [-0.1, -0.05) is 24.3 Å². The molecule has 1 aliphatic heterocycles. The number of nitrogens with one attached hydrogen (secondary N) is 1. The van der Waals surface area contributed by atoms with Crippen molar-refractivity contribution in [2.24, 2.45) is 0 Å². The minimum atomic E-state index is -3.65. The first-order valence-corrected chi connectivity index (χ1v) is 12.4. The lowest BCUT2D eigenvalue weighted by Crippen LogP contribution is -2.34. The molecule has 0 bridgehead atoms. The van der Waals surface area contributed by atoms with Gasteiger partial charge in [0, 0.05) is 19.5 Å². The molecule has 2 aromatic carbocycles. The van der Waals surface area contributed by atoms with E-state index in [1.807, 2.05) is 42.2 Å². The Bertz CT molecular complexity index is 1150. The smallest absolute Gasteiger partial charge is 0.240 e. The van der Waals surface area contributed by atoms with E-state index in [1.54, 1.807) is 30.4 Å². The standard InChI is InChI=1S/C22H25N3O3S2/c1-15-9-10-16(2)20(14-15)30(27,28)23-12-11-21(26)25-13-5-7-18(25)22-24-17-6-3-4-8-19(17)29-22/h3-4,6,8-10,14,18,23H,5,7,11-13H2,1-2H3. The number of fused-ring (bicyclic) bond motifs is 1. The van der Waals surface area contributed by atoms with Gasteiger partial charge >= 0.3 is 0 Å². The van der Waals surface area contributed by atoms with E-state index in [4.69, 9.17) is 4.98 Å². The SMILES string of the molecule is Cc1ccc(C)c(S(=O)(=O)NCCC(=O)N2CCCC2c2nc3ccccc3s2)c1. The largest absolute Gasteiger partial charge is 0.333 e. The maximum absolute atomic E-state index is 12.9. The van der Waals surface area contributed by atoms with Gasteiger partial charge in [0.15, 0.2) is 0 Å². The molecule has 6 nitrogen and oxygen atoms in total. The molecule has 4 rings (SSSR count). The van der Waals surface area contributed by atoms with E-state index in [0.717, 1.165) is 33.6 Å². The maximum Gasteiger partial charge on any atom is 0.240 e. The van der Waals surface area contributed by atoms with Crippen LogP contribution >= 0.6 is 11.3 Å². The maximum atomic E-state index is 12.9. The number of thiazole rings is 1. The Kier molecular flexibility index (Phi) is 5.90. The number of para-hydroxylation sites is 1. The first-order valence-electron chi connectivity index (χ1n) is 10.1. The van der Waals surface area contributed by atoms with Crippen molar-refractivity contribution in [1.82, 2.24) is 14.6 Å². The number of sulfonamides is 1. The second-order valence-corrected chi connectivity index (χ2v) is 10.5. The summed E-state index contributed by atoms with van der Waals surface area (Å²) in [5, 5.41) is 0.956. The molecule has 30 heavy (non-hydrogen) atoms. The lowest BCUT2D eigenvalue weighted by molar-refractivity contribution is -0.131. The number of hydrogen-bond acceptors (Lipinski definition) is 5. The molecule has 2 heterocycles. The second kappa shape index (κ2) is 8.45. The highest BCUT2D eigenvalue weighted by atomic mass is 32.2. The Balaban J connectivity index is 1.41. The van der Waals surface area contributed by atoms with Crippen LogP contribution in [0.15, 0.2) is 47.4 Å². The molecule has 3 aromatic rings. The van der Waals surface area contributed by atoms with Gasteiger partial charge in [0.25, 0.3) is 0 Å². The number of rotatable bonds is 6. The van der Waals surface area contributed by atoms with Crippen molar-refractivity contribution in [3.8, 4) is 0 Å². The summed E-state index contributed by atoms with van der Waals surface area (Å²) < 4.78 is 29.0. The highest BCUT2D eigenvalue weighted by molar-refractivity contribution is 7.89. The summed E-state index contributed by atoms with van der Waals surface area (Å²) in [6.07, 6.45) is 1.95. The molecular formula is C22H25N3O3S2. The number of aromatic nitrogens is 1. The summed E-state index contributed by atoms with van der Waals surface area (Å²) in [6.45, 7) is 4.39. The molecule has 8 heteroatoms. The van der Waals surface area contributed by atoms with E-state index >= 15 is 0 Å². The number of hydrogen-bond donors (Lipinski definition) is 1. The highest BCUT2D eigenvalue weighted by Crippen LogP contribution is 2.36. The van der Waals surface area contributed by atoms with Crippen molar-refractivity contribution in [1.29, 1.82) is 0 Å². The van der Waals surface area contributed by atoms with E-state index in [0.29, 0.717) is 12.1 Å². The third-order valence-corrected chi connectivity index (χ3v) is 8.17. The molecule has 1 aromatic heterocycles. The molecule has 1 saturated heterocycles. The van der Waals surface area contributed by atoms with Crippen LogP contribution in [0.4, 0.5) is 0 Å². The third kappa shape index (κ3) is 4.26. The number of amides is 1. The molecule has 1 aliphatic rings. The summed E-state index contributed by atoms with van der Waals surface area (Å²) in [4.78, 5) is 19.7. The average molecular weight is 444 g/mol. The van der Waals surface area contributed by atoms with Crippen molar-refractivity contribution < 1.29 is 13.2 Å². The van der Waals surface area contributed by atoms with Crippen LogP contribution in [-0.4, -0.2) is 37.3 Å². The van der Waals surface area contributed by atoms with Gasteiger partial charge in [-0.05, 0) is 56.0 Å². The van der Waals surface area contributed by atoms with Crippen LogP contribution in [0.3, 0.4) is 0 Å². The summed E-state index contributed by atoms with van der Waals surface area (Å²) in [6, 6.07) is 13.3. The molecule has 0 radical (unpaired) electrons. The van der Waals surface area contributed by atoms with Crippen LogP contribution in [0.2, 0.25) is 0 Å². The fraction of sp³-hybridized carbons (Fsp3) is 0.364. The van der Waals surface area contributed by atoms with Crippen LogP contribution in [0.1, 0.15) is 41.4 Å². The second-order valence-electron chi connectivity index (χ2n) is 7.68. The first-order chi connectivity index (χ1) is 14.3. The summed E-state index contributed by atoms with van der Waals surface area (Å²) in [5.74, 6) is -0.0413. The zero-order chi connectivity index (χ0) is 21.3. The van der Waals surface area contributed by atoms with Crippen LogP contribution in [-0.2, 0) is 14.8 Å². The molecule has 0 spiro atoms. The van der Waals surface area contributed by atoms with Gasteiger partial charge in [-0.15, -0.1) is 11.3 Å². The molecule has 0 saturated carbocycles. The lowest BCUT2D eigenvalue weighted by Gasteiger charge is -2.23. The van der Waals surface area contributed by atoms with Crippen molar-refractivity contribution in [2.45, 2.75) is 44.0 Å². The number of aryl methyl sites for hydroxylation is 2. The predicted octanol–water partition coefficient (Wildman–Crippen LogP) is 3.95. The predicted molar refractivity (Wildman–Crippen MR) is 119 cm³/mol. The first kappa shape index (κ1) is 21.0. The Labute approximate surface area is 181 Å². The van der Waals surface area contributed by atoms with E-state index in [2.05, 4.69) is 4.72 Å². The molecule has 1 unspecified atom stereocenters. The molecule has 1 amide bonds. The minimum absolute atomic E-state index is 0.0227. The number of carbonyl (C=O) groups excluding carboxylic acids is 1. The quantitative estimate of drug-likeness (QED) is 0.626. The van der Waals surface area contributed by atoms with Gasteiger partial charge in [-0.2, -0.15) is 0 Å². The topological polar surface area (TPSA) is 79.4 Å². The molecule has 1 N–H and O–H groups in total. The fourth-order valence-corrected chi connectivity index (χ4v) is 6.34. The van der Waals surface area contributed by atoms with Gasteiger partial charge in [0.05, 0.1) is 21.2 Å². The molecule has 0 aliphatic carbocycles. The Hall–Kier alpha value is -2.29. The van der Waals surface area contributed by atoms with Gasteiger partial charge in [0.1, 0.15) is 5.01 Å².